The van der Waals surface area contributed by atoms with Crippen LogP contribution < -0.4 is 5.84 Å². The Hall–Kier alpha value is -2.67. The molecule has 2 aromatic heterocycles. The van der Waals surface area contributed by atoms with E-state index in [1.807, 2.05) is 37.3 Å². The molecule has 0 amide bonds. The van der Waals surface area contributed by atoms with Crippen LogP contribution >= 0.6 is 11.6 Å². The maximum atomic E-state index is 6.13. The molecule has 0 aliphatic carbocycles. The smallest absolute Gasteiger partial charge is 0.169 e. The highest BCUT2D eigenvalue weighted by molar-refractivity contribution is 6.70. The number of halogens is 1. The summed E-state index contributed by atoms with van der Waals surface area (Å²) >= 11 is 6.13. The van der Waals surface area contributed by atoms with Crippen molar-refractivity contribution in [3.63, 3.8) is 0 Å². The number of hydrazone groups is 1. The Morgan fingerprint density at radius 2 is 2.05 bits per heavy atom. The molecule has 1 aromatic carbocycles. The molecule has 0 aliphatic rings. The van der Waals surface area contributed by atoms with Crippen molar-refractivity contribution in [2.45, 2.75) is 6.92 Å². The van der Waals surface area contributed by atoms with Gasteiger partial charge >= 0.3 is 0 Å². The van der Waals surface area contributed by atoms with Crippen LogP contribution in [0.25, 0.3) is 11.5 Å². The van der Waals surface area contributed by atoms with Crippen LogP contribution in [0.4, 0.5) is 0 Å². The van der Waals surface area contributed by atoms with Crippen molar-refractivity contribution in [2.24, 2.45) is 10.9 Å². The molecular weight excluding hydrogens is 290 g/mol. The zero-order chi connectivity index (χ0) is 14.8. The molecule has 0 bridgehead atoms. The van der Waals surface area contributed by atoms with Gasteiger partial charge in [0.2, 0.25) is 0 Å². The van der Waals surface area contributed by atoms with Crippen LogP contribution in [0.2, 0.25) is 0 Å². The number of aromatic nitrogens is 5. The summed E-state index contributed by atoms with van der Waals surface area (Å²) in [7, 11) is 0. The lowest BCUT2D eigenvalue weighted by molar-refractivity contribution is 0.759. The van der Waals surface area contributed by atoms with E-state index >= 15 is 0 Å². The molecule has 7 nitrogen and oxygen atoms in total. The molecular formula is C13H12ClN7. The van der Waals surface area contributed by atoms with Gasteiger partial charge in [0.25, 0.3) is 0 Å². The predicted molar refractivity (Wildman–Crippen MR) is 79.8 cm³/mol. The lowest BCUT2D eigenvalue weighted by atomic mass is 10.2. The Labute approximate surface area is 125 Å². The fourth-order valence-corrected chi connectivity index (χ4v) is 2.32. The highest BCUT2D eigenvalue weighted by Crippen LogP contribution is 2.23. The van der Waals surface area contributed by atoms with Gasteiger partial charge in [-0.25, -0.2) is 14.3 Å². The van der Waals surface area contributed by atoms with Crippen molar-refractivity contribution >= 4 is 16.8 Å². The summed E-state index contributed by atoms with van der Waals surface area (Å²) in [4.78, 5) is 3.97. The van der Waals surface area contributed by atoms with E-state index in [9.17, 15) is 0 Å². The van der Waals surface area contributed by atoms with Gasteiger partial charge in [0, 0.05) is 0 Å². The number of rotatable bonds is 3. The van der Waals surface area contributed by atoms with Crippen molar-refractivity contribution in [3.8, 4) is 11.5 Å². The van der Waals surface area contributed by atoms with E-state index in [-0.39, 0.29) is 5.17 Å². The quantitative estimate of drug-likeness (QED) is 0.452. The average molecular weight is 302 g/mol. The van der Waals surface area contributed by atoms with Gasteiger partial charge in [0.1, 0.15) is 12.7 Å². The normalized spacial score (nSPS) is 11.8. The predicted octanol–water partition coefficient (Wildman–Crippen LogP) is 1.62. The number of benzene rings is 1. The lowest BCUT2D eigenvalue weighted by Crippen LogP contribution is -2.09. The Morgan fingerprint density at radius 3 is 2.67 bits per heavy atom. The Bertz CT molecular complexity index is 774. The minimum atomic E-state index is 0.167. The van der Waals surface area contributed by atoms with E-state index in [0.29, 0.717) is 17.1 Å². The first-order chi connectivity index (χ1) is 10.2. The maximum Gasteiger partial charge on any atom is 0.169 e. The topological polar surface area (TPSA) is 86.9 Å². The number of para-hydroxylation sites is 1. The summed E-state index contributed by atoms with van der Waals surface area (Å²) in [6.45, 7) is 1.84. The Kier molecular flexibility index (Phi) is 3.41. The number of hydrogen-bond donors (Lipinski definition) is 1. The third-order valence-electron chi connectivity index (χ3n) is 2.99. The molecule has 21 heavy (non-hydrogen) atoms. The molecule has 3 rings (SSSR count). The number of nitrogens with two attached hydrogens (primary N) is 1. The van der Waals surface area contributed by atoms with Crippen LogP contribution in [0.5, 0.6) is 0 Å². The van der Waals surface area contributed by atoms with Gasteiger partial charge in [-0.1, -0.05) is 29.8 Å². The molecule has 3 aromatic rings. The van der Waals surface area contributed by atoms with Crippen LogP contribution in [-0.4, -0.2) is 29.7 Å². The van der Waals surface area contributed by atoms with Crippen molar-refractivity contribution in [3.05, 3.63) is 54.2 Å². The Morgan fingerprint density at radius 1 is 1.29 bits per heavy atom. The number of hydrogen-bond acceptors (Lipinski definition) is 5. The molecule has 0 aliphatic heterocycles. The largest absolute Gasteiger partial charge is 0.322 e. The summed E-state index contributed by atoms with van der Waals surface area (Å²) in [5, 5.41) is 12.4. The first-order valence-electron chi connectivity index (χ1n) is 6.16. The van der Waals surface area contributed by atoms with Crippen LogP contribution in [0.1, 0.15) is 11.3 Å². The van der Waals surface area contributed by atoms with E-state index in [0.717, 1.165) is 5.69 Å². The van der Waals surface area contributed by atoms with E-state index < -0.39 is 0 Å². The summed E-state index contributed by atoms with van der Waals surface area (Å²) in [6.07, 6.45) is 3.01. The third kappa shape index (κ3) is 2.27. The number of nitrogens with zero attached hydrogens (tertiary/aromatic N) is 6. The summed E-state index contributed by atoms with van der Waals surface area (Å²) in [6, 6.07) is 9.66. The standard InChI is InChI=1S/C13H12ClN7/c1-9-11(12(14)18-15)13(20-8-16-7-17-20)21(19-9)10-5-3-2-4-6-10/h2-8H,15H2,1H3. The zero-order valence-corrected chi connectivity index (χ0v) is 11.9. The van der Waals surface area contributed by atoms with Crippen LogP contribution in [0.3, 0.4) is 0 Å². The second-order valence-electron chi connectivity index (χ2n) is 4.29. The van der Waals surface area contributed by atoms with Gasteiger partial charge in [-0.2, -0.15) is 15.3 Å². The van der Waals surface area contributed by atoms with Crippen molar-refractivity contribution in [1.82, 2.24) is 24.5 Å². The van der Waals surface area contributed by atoms with Crippen LogP contribution in [-0.2, 0) is 0 Å². The van der Waals surface area contributed by atoms with Gasteiger partial charge in [-0.15, -0.1) is 0 Å². The van der Waals surface area contributed by atoms with E-state index in [1.165, 1.54) is 6.33 Å². The first-order valence-corrected chi connectivity index (χ1v) is 6.54. The Balaban J connectivity index is 2.32. The van der Waals surface area contributed by atoms with Crippen molar-refractivity contribution < 1.29 is 0 Å². The molecule has 0 saturated heterocycles. The highest BCUT2D eigenvalue weighted by atomic mass is 35.5. The molecule has 106 valence electrons. The molecule has 0 radical (unpaired) electrons. The summed E-state index contributed by atoms with van der Waals surface area (Å²) in [5.41, 5.74) is 2.19. The first kappa shape index (κ1) is 13.3. The molecule has 0 unspecified atom stereocenters. The maximum absolute atomic E-state index is 6.13. The second kappa shape index (κ2) is 5.37. The van der Waals surface area contributed by atoms with Crippen LogP contribution in [0.15, 0.2) is 48.1 Å². The molecule has 0 saturated carbocycles. The summed E-state index contributed by atoms with van der Waals surface area (Å²) in [5.74, 6) is 5.95. The third-order valence-corrected chi connectivity index (χ3v) is 3.28. The van der Waals surface area contributed by atoms with E-state index in [2.05, 4.69) is 20.3 Å². The molecule has 0 atom stereocenters. The highest BCUT2D eigenvalue weighted by Gasteiger charge is 2.22. The minimum Gasteiger partial charge on any atom is -0.322 e. The van der Waals surface area contributed by atoms with E-state index in [4.69, 9.17) is 17.4 Å². The minimum absolute atomic E-state index is 0.167. The zero-order valence-electron chi connectivity index (χ0n) is 11.2. The average Bonchev–Trinajstić information content (AvgIpc) is 3.14. The second-order valence-corrected chi connectivity index (χ2v) is 4.65. The monoisotopic (exact) mass is 301 g/mol. The molecule has 0 fully saturated rings. The van der Waals surface area contributed by atoms with Crippen molar-refractivity contribution in [1.29, 1.82) is 0 Å². The van der Waals surface area contributed by atoms with Crippen molar-refractivity contribution in [2.75, 3.05) is 0 Å². The molecule has 0 spiro atoms. The lowest BCUT2D eigenvalue weighted by Gasteiger charge is -2.08. The van der Waals surface area contributed by atoms with Gasteiger partial charge in [-0.05, 0) is 19.1 Å². The van der Waals surface area contributed by atoms with Crippen LogP contribution in [0, 0.1) is 6.92 Å². The molecule has 2 heterocycles. The van der Waals surface area contributed by atoms with Gasteiger partial charge < -0.3 is 5.84 Å². The molecule has 2 N–H and O–H groups in total. The molecule has 8 heteroatoms. The fourth-order valence-electron chi connectivity index (χ4n) is 2.10. The van der Waals surface area contributed by atoms with E-state index in [1.54, 1.807) is 15.7 Å². The summed E-state index contributed by atoms with van der Waals surface area (Å²) < 4.78 is 3.31. The van der Waals surface area contributed by atoms with Gasteiger partial charge in [0.15, 0.2) is 11.0 Å². The van der Waals surface area contributed by atoms with Gasteiger partial charge in [-0.3, -0.25) is 0 Å². The SMILES string of the molecule is Cc1nn(-c2ccccc2)c(-n2cncn2)c1C(Cl)=NN. The fraction of sp³-hybridized carbons (Fsp3) is 0.0769. The van der Waals surface area contributed by atoms with Gasteiger partial charge in [0.05, 0.1) is 16.9 Å². The number of aryl methyl sites for hydroxylation is 1.